The SMILES string of the molecule is O=C(Nc1ccc(-n2cnc3ccccc32)nc1)c1ccc(-n2cccc2)cc1. The average Bonchev–Trinajstić information content (AvgIpc) is 3.45. The van der Waals surface area contributed by atoms with E-state index in [1.807, 2.05) is 94.3 Å². The highest BCUT2D eigenvalue weighted by Crippen LogP contribution is 2.18. The third-order valence-corrected chi connectivity index (χ3v) is 4.74. The standard InChI is InChI=1S/C23H17N5O/c29-23(17-7-10-19(11-8-17)27-13-3-4-14-27)26-18-9-12-22(24-15-18)28-16-25-20-5-1-2-6-21(20)28/h1-16H,(H,26,29). The van der Waals surface area contributed by atoms with E-state index in [0.717, 1.165) is 22.5 Å². The van der Waals surface area contributed by atoms with Crippen molar-refractivity contribution in [1.82, 2.24) is 19.1 Å². The molecule has 0 aliphatic heterocycles. The van der Waals surface area contributed by atoms with Crippen LogP contribution in [0.15, 0.2) is 97.7 Å². The lowest BCUT2D eigenvalue weighted by molar-refractivity contribution is 0.102. The highest BCUT2D eigenvalue weighted by atomic mass is 16.1. The molecule has 0 saturated carbocycles. The molecule has 6 heteroatoms. The first-order valence-corrected chi connectivity index (χ1v) is 9.21. The molecule has 0 fully saturated rings. The predicted octanol–water partition coefficient (Wildman–Crippen LogP) is 4.46. The summed E-state index contributed by atoms with van der Waals surface area (Å²) >= 11 is 0. The molecule has 0 radical (unpaired) electrons. The summed E-state index contributed by atoms with van der Waals surface area (Å²) in [7, 11) is 0. The summed E-state index contributed by atoms with van der Waals surface area (Å²) in [6.45, 7) is 0. The zero-order chi connectivity index (χ0) is 19.6. The van der Waals surface area contributed by atoms with E-state index in [0.29, 0.717) is 11.3 Å². The predicted molar refractivity (Wildman–Crippen MR) is 113 cm³/mol. The van der Waals surface area contributed by atoms with Gasteiger partial charge in [0.25, 0.3) is 5.91 Å². The number of hydrogen-bond donors (Lipinski definition) is 1. The van der Waals surface area contributed by atoms with Crippen molar-refractivity contribution in [3.05, 3.63) is 103 Å². The normalized spacial score (nSPS) is 10.9. The molecule has 0 spiro atoms. The summed E-state index contributed by atoms with van der Waals surface area (Å²) in [4.78, 5) is 21.4. The highest BCUT2D eigenvalue weighted by Gasteiger charge is 2.08. The minimum atomic E-state index is -0.174. The van der Waals surface area contributed by atoms with Crippen LogP contribution in [0.2, 0.25) is 0 Å². The van der Waals surface area contributed by atoms with Crippen LogP contribution in [0, 0.1) is 0 Å². The van der Waals surface area contributed by atoms with E-state index in [1.54, 1.807) is 12.5 Å². The molecule has 0 atom stereocenters. The zero-order valence-electron chi connectivity index (χ0n) is 15.4. The molecule has 0 saturated heterocycles. The number of nitrogens with one attached hydrogen (secondary N) is 1. The fraction of sp³-hybridized carbons (Fsp3) is 0. The number of hydrogen-bond acceptors (Lipinski definition) is 3. The van der Waals surface area contributed by atoms with Gasteiger partial charge in [-0.15, -0.1) is 0 Å². The van der Waals surface area contributed by atoms with Crippen molar-refractivity contribution >= 4 is 22.6 Å². The summed E-state index contributed by atoms with van der Waals surface area (Å²) in [6.07, 6.45) is 7.32. The maximum Gasteiger partial charge on any atom is 0.255 e. The number of pyridine rings is 1. The van der Waals surface area contributed by atoms with Crippen LogP contribution in [0.1, 0.15) is 10.4 Å². The minimum absolute atomic E-state index is 0.174. The largest absolute Gasteiger partial charge is 0.324 e. The molecule has 6 nitrogen and oxygen atoms in total. The average molecular weight is 379 g/mol. The van der Waals surface area contributed by atoms with Crippen molar-refractivity contribution in [3.8, 4) is 11.5 Å². The van der Waals surface area contributed by atoms with E-state index >= 15 is 0 Å². The number of benzene rings is 2. The maximum atomic E-state index is 12.5. The summed E-state index contributed by atoms with van der Waals surface area (Å²) in [5, 5.41) is 2.89. The molecule has 2 aromatic carbocycles. The van der Waals surface area contributed by atoms with Crippen molar-refractivity contribution in [2.75, 3.05) is 5.32 Å². The summed E-state index contributed by atoms with van der Waals surface area (Å²) < 4.78 is 3.91. The number of nitrogens with zero attached hydrogens (tertiary/aromatic N) is 4. The third kappa shape index (κ3) is 3.27. The van der Waals surface area contributed by atoms with Gasteiger partial charge in [0.2, 0.25) is 0 Å². The minimum Gasteiger partial charge on any atom is -0.324 e. The topological polar surface area (TPSA) is 64.7 Å². The molecule has 0 bridgehead atoms. The Balaban J connectivity index is 1.32. The van der Waals surface area contributed by atoms with Crippen LogP contribution >= 0.6 is 0 Å². The highest BCUT2D eigenvalue weighted by molar-refractivity contribution is 6.04. The first kappa shape index (κ1) is 16.9. The van der Waals surface area contributed by atoms with Crippen molar-refractivity contribution in [1.29, 1.82) is 0 Å². The fourth-order valence-corrected chi connectivity index (χ4v) is 3.24. The van der Waals surface area contributed by atoms with Crippen LogP contribution in [0.25, 0.3) is 22.5 Å². The summed E-state index contributed by atoms with van der Waals surface area (Å²) in [5.74, 6) is 0.569. The lowest BCUT2D eigenvalue weighted by atomic mass is 10.2. The lowest BCUT2D eigenvalue weighted by Gasteiger charge is -2.08. The van der Waals surface area contributed by atoms with Gasteiger partial charge in [-0.2, -0.15) is 0 Å². The molecule has 3 aromatic heterocycles. The Hall–Kier alpha value is -4.19. The van der Waals surface area contributed by atoms with E-state index in [2.05, 4.69) is 15.3 Å². The second-order valence-electron chi connectivity index (χ2n) is 6.60. The maximum absolute atomic E-state index is 12.5. The van der Waals surface area contributed by atoms with E-state index in [9.17, 15) is 4.79 Å². The number of carbonyl (C=O) groups is 1. The van der Waals surface area contributed by atoms with Crippen molar-refractivity contribution in [2.24, 2.45) is 0 Å². The van der Waals surface area contributed by atoms with E-state index in [1.165, 1.54) is 0 Å². The fourth-order valence-electron chi connectivity index (χ4n) is 3.24. The number of carbonyl (C=O) groups excluding carboxylic acids is 1. The Bertz CT molecular complexity index is 1270. The number of aromatic nitrogens is 4. The van der Waals surface area contributed by atoms with Crippen molar-refractivity contribution < 1.29 is 4.79 Å². The van der Waals surface area contributed by atoms with E-state index in [-0.39, 0.29) is 5.91 Å². The quantitative estimate of drug-likeness (QED) is 0.501. The Labute approximate surface area is 167 Å². The van der Waals surface area contributed by atoms with Gasteiger partial charge in [-0.3, -0.25) is 9.36 Å². The van der Waals surface area contributed by atoms with Crippen LogP contribution in [0.5, 0.6) is 0 Å². The van der Waals surface area contributed by atoms with Crippen molar-refractivity contribution in [3.63, 3.8) is 0 Å². The second kappa shape index (κ2) is 7.09. The first-order valence-electron chi connectivity index (χ1n) is 9.21. The van der Waals surface area contributed by atoms with Gasteiger partial charge in [0.05, 0.1) is 22.9 Å². The molecule has 3 heterocycles. The van der Waals surface area contributed by atoms with Gasteiger partial charge in [-0.1, -0.05) is 12.1 Å². The molecule has 0 aliphatic rings. The third-order valence-electron chi connectivity index (χ3n) is 4.74. The van der Waals surface area contributed by atoms with Gasteiger partial charge in [-0.25, -0.2) is 9.97 Å². The number of fused-ring (bicyclic) bond motifs is 1. The molecule has 140 valence electrons. The van der Waals surface area contributed by atoms with Gasteiger partial charge in [0.15, 0.2) is 0 Å². The number of imidazole rings is 1. The molecule has 0 unspecified atom stereocenters. The van der Waals surface area contributed by atoms with E-state index in [4.69, 9.17) is 0 Å². The van der Waals surface area contributed by atoms with Gasteiger partial charge >= 0.3 is 0 Å². The number of rotatable bonds is 4. The second-order valence-corrected chi connectivity index (χ2v) is 6.60. The van der Waals surface area contributed by atoms with Crippen molar-refractivity contribution in [2.45, 2.75) is 0 Å². The number of anilines is 1. The van der Waals surface area contributed by atoms with Crippen LogP contribution in [-0.2, 0) is 0 Å². The Morgan fingerprint density at radius 3 is 2.38 bits per heavy atom. The smallest absolute Gasteiger partial charge is 0.255 e. The van der Waals surface area contributed by atoms with Gasteiger partial charge in [0.1, 0.15) is 12.1 Å². The summed E-state index contributed by atoms with van der Waals surface area (Å²) in [5.41, 5.74) is 4.13. The molecule has 29 heavy (non-hydrogen) atoms. The molecule has 1 N–H and O–H groups in total. The molecule has 5 rings (SSSR count). The Morgan fingerprint density at radius 2 is 1.62 bits per heavy atom. The molecule has 5 aromatic rings. The van der Waals surface area contributed by atoms with Gasteiger partial charge < -0.3 is 9.88 Å². The van der Waals surface area contributed by atoms with Crippen LogP contribution in [0.4, 0.5) is 5.69 Å². The van der Waals surface area contributed by atoms with Crippen LogP contribution < -0.4 is 5.32 Å². The number of amides is 1. The van der Waals surface area contributed by atoms with Gasteiger partial charge in [0, 0.05) is 23.6 Å². The first-order chi connectivity index (χ1) is 14.3. The number of para-hydroxylation sites is 2. The lowest BCUT2D eigenvalue weighted by Crippen LogP contribution is -2.12. The van der Waals surface area contributed by atoms with E-state index < -0.39 is 0 Å². The van der Waals surface area contributed by atoms with Gasteiger partial charge in [-0.05, 0) is 60.7 Å². The molecule has 1 amide bonds. The zero-order valence-corrected chi connectivity index (χ0v) is 15.4. The molecule has 0 aliphatic carbocycles. The molecular weight excluding hydrogens is 362 g/mol. The Morgan fingerprint density at radius 1 is 0.828 bits per heavy atom. The van der Waals surface area contributed by atoms with Crippen LogP contribution in [-0.4, -0.2) is 25.0 Å². The van der Waals surface area contributed by atoms with Crippen LogP contribution in [0.3, 0.4) is 0 Å². The summed E-state index contributed by atoms with van der Waals surface area (Å²) in [6, 6.07) is 23.0. The molecular formula is C23H17N5O. The monoisotopic (exact) mass is 379 g/mol. The Kier molecular flexibility index (Phi) is 4.14.